The first-order valence-corrected chi connectivity index (χ1v) is 14.2. The average molecular weight is 506 g/mol. The monoisotopic (exact) mass is 505 g/mol. The Morgan fingerprint density at radius 3 is 2.60 bits per heavy atom. The van der Waals surface area contributed by atoms with Gasteiger partial charge in [0.25, 0.3) is 0 Å². The van der Waals surface area contributed by atoms with Gasteiger partial charge in [0.05, 0.1) is 45.0 Å². The number of rotatable bonds is 4. The lowest BCUT2D eigenvalue weighted by molar-refractivity contribution is -0.883. The topological polar surface area (TPSA) is 87.0 Å². The van der Waals surface area contributed by atoms with E-state index in [4.69, 9.17) is 4.98 Å². The average Bonchev–Trinajstić information content (AvgIpc) is 3.13. The third kappa shape index (κ3) is 5.44. The van der Waals surface area contributed by atoms with Gasteiger partial charge in [-0.3, -0.25) is 9.59 Å². The molecule has 6 atom stereocenters. The number of quaternary nitrogens is 1. The third-order valence-corrected chi connectivity index (χ3v) is 9.81. The summed E-state index contributed by atoms with van der Waals surface area (Å²) < 4.78 is 0. The molecule has 2 fully saturated rings. The van der Waals surface area contributed by atoms with Crippen molar-refractivity contribution in [3.8, 4) is 0 Å². The van der Waals surface area contributed by atoms with Crippen LogP contribution in [-0.2, 0) is 16.0 Å². The highest BCUT2D eigenvalue weighted by Crippen LogP contribution is 2.57. The molecule has 1 aromatic rings. The van der Waals surface area contributed by atoms with Crippen LogP contribution in [0.25, 0.3) is 0 Å². The van der Waals surface area contributed by atoms with E-state index < -0.39 is 6.10 Å². The van der Waals surface area contributed by atoms with Gasteiger partial charge in [-0.2, -0.15) is 0 Å². The van der Waals surface area contributed by atoms with Crippen molar-refractivity contribution in [1.82, 2.24) is 9.88 Å². The number of aliphatic hydroxyl groups excluding tert-OH is 1. The van der Waals surface area contributed by atoms with E-state index in [2.05, 4.69) is 47.0 Å². The molecule has 1 aromatic heterocycles. The number of nitrogens with zero attached hydrogens (tertiary/aromatic N) is 2. The number of aromatic nitrogens is 1. The number of carbonyl (C=O) groups is 2. The van der Waals surface area contributed by atoms with Crippen LogP contribution >= 0.6 is 11.3 Å². The molecule has 1 aliphatic heterocycles. The Kier molecular flexibility index (Phi) is 7.39. The van der Waals surface area contributed by atoms with Crippen LogP contribution in [0.3, 0.4) is 0 Å². The summed E-state index contributed by atoms with van der Waals surface area (Å²) in [5, 5.41) is 15.4. The number of nitrogens with one attached hydrogen (secondary N) is 2. The summed E-state index contributed by atoms with van der Waals surface area (Å²) in [6, 6.07) is 0. The molecule has 3 N–H and O–H groups in total. The maximum atomic E-state index is 13.3. The van der Waals surface area contributed by atoms with E-state index in [0.717, 1.165) is 51.1 Å². The van der Waals surface area contributed by atoms with Crippen molar-refractivity contribution < 1.29 is 19.6 Å². The van der Waals surface area contributed by atoms with Crippen molar-refractivity contribution >= 4 is 28.3 Å². The smallest absolute Gasteiger partial charge is 0.226 e. The highest BCUT2D eigenvalue weighted by Gasteiger charge is 2.54. The van der Waals surface area contributed by atoms with Crippen LogP contribution in [0.4, 0.5) is 5.13 Å². The summed E-state index contributed by atoms with van der Waals surface area (Å²) in [5.74, 6) is 0.136. The Morgan fingerprint density at radius 2 is 1.97 bits per heavy atom. The first kappa shape index (κ1) is 26.6. The van der Waals surface area contributed by atoms with Crippen LogP contribution in [0, 0.1) is 28.6 Å². The Labute approximate surface area is 214 Å². The van der Waals surface area contributed by atoms with Crippen LogP contribution in [-0.4, -0.2) is 66.1 Å². The molecule has 2 heterocycles. The minimum Gasteiger partial charge on any atom is -0.392 e. The van der Waals surface area contributed by atoms with Gasteiger partial charge < -0.3 is 20.2 Å². The van der Waals surface area contributed by atoms with Gasteiger partial charge in [-0.25, -0.2) is 4.98 Å². The summed E-state index contributed by atoms with van der Waals surface area (Å²) in [6.45, 7) is 16.3. The number of fused-ring (bicyclic) bond motifs is 2. The van der Waals surface area contributed by atoms with E-state index in [-0.39, 0.29) is 46.3 Å². The Hall–Kier alpha value is -1.51. The van der Waals surface area contributed by atoms with Crippen LogP contribution in [0.15, 0.2) is 0 Å². The summed E-state index contributed by atoms with van der Waals surface area (Å²) in [6.07, 6.45) is 2.66. The van der Waals surface area contributed by atoms with Crippen LogP contribution in [0.1, 0.15) is 77.3 Å². The third-order valence-electron chi connectivity index (χ3n) is 8.82. The second-order valence-electron chi connectivity index (χ2n) is 13.0. The highest BCUT2D eigenvalue weighted by atomic mass is 32.1. The molecule has 0 spiro atoms. The second kappa shape index (κ2) is 9.75. The number of hydrogen-bond donors (Lipinski definition) is 3. The van der Waals surface area contributed by atoms with Crippen molar-refractivity contribution in [3.63, 3.8) is 0 Å². The van der Waals surface area contributed by atoms with Gasteiger partial charge in [-0.1, -0.05) is 41.5 Å². The lowest BCUT2D eigenvalue weighted by Gasteiger charge is -2.53. The minimum absolute atomic E-state index is 0.00202. The number of thiazole rings is 1. The maximum Gasteiger partial charge on any atom is 0.226 e. The summed E-state index contributed by atoms with van der Waals surface area (Å²) in [5.41, 5.74) is 0.917. The first-order valence-electron chi connectivity index (χ1n) is 13.4. The highest BCUT2D eigenvalue weighted by molar-refractivity contribution is 7.15. The Balaban J connectivity index is 1.49. The van der Waals surface area contributed by atoms with Crippen molar-refractivity contribution in [2.75, 3.05) is 38.5 Å². The zero-order chi connectivity index (χ0) is 25.7. The molecular formula is C27H45N4O3S+. The SMILES string of the molecule is C[C@H](C(=O)N1CC[NH+](C)CC1)[C@@H]1CC[C@@]2(C)Cc3sc(NC(=O)CC(C)(C)C)nc3[C@@H](C)[C@@H]2[C@H]1O. The molecule has 196 valence electrons. The van der Waals surface area contributed by atoms with Gasteiger partial charge in [0.2, 0.25) is 11.8 Å². The molecule has 2 amide bonds. The summed E-state index contributed by atoms with van der Waals surface area (Å²) in [7, 11) is 2.18. The lowest BCUT2D eigenvalue weighted by atomic mass is 9.53. The normalized spacial score (nSPS) is 32.5. The van der Waals surface area contributed by atoms with Crippen LogP contribution < -0.4 is 10.2 Å². The molecule has 0 bridgehead atoms. The number of hydrogen-bond acceptors (Lipinski definition) is 5. The summed E-state index contributed by atoms with van der Waals surface area (Å²) >= 11 is 1.59. The van der Waals surface area contributed by atoms with Crippen LogP contribution in [0.2, 0.25) is 0 Å². The van der Waals surface area contributed by atoms with Gasteiger partial charge >= 0.3 is 0 Å². The fourth-order valence-corrected chi connectivity index (χ4v) is 8.11. The van der Waals surface area contributed by atoms with Gasteiger partial charge in [-0.15, -0.1) is 11.3 Å². The number of aliphatic hydroxyl groups is 1. The number of amides is 2. The number of likely N-dealkylation sites (N-methyl/N-ethyl adjacent to an activating group) is 1. The van der Waals surface area contributed by atoms with E-state index in [0.29, 0.717) is 11.6 Å². The molecule has 0 aromatic carbocycles. The van der Waals surface area contributed by atoms with E-state index in [1.165, 1.54) is 9.78 Å². The van der Waals surface area contributed by atoms with Crippen molar-refractivity contribution in [2.24, 2.45) is 28.6 Å². The van der Waals surface area contributed by atoms with E-state index >= 15 is 0 Å². The molecule has 0 unspecified atom stereocenters. The molecule has 0 radical (unpaired) electrons. The Morgan fingerprint density at radius 1 is 1.31 bits per heavy atom. The zero-order valence-corrected chi connectivity index (χ0v) is 23.4. The number of carbonyl (C=O) groups excluding carboxylic acids is 2. The molecule has 7 nitrogen and oxygen atoms in total. The molecule has 3 aliphatic rings. The minimum atomic E-state index is -0.533. The molecule has 8 heteroatoms. The predicted molar refractivity (Wildman–Crippen MR) is 140 cm³/mol. The largest absolute Gasteiger partial charge is 0.392 e. The zero-order valence-electron chi connectivity index (χ0n) is 22.6. The van der Waals surface area contributed by atoms with Crippen molar-refractivity contribution in [1.29, 1.82) is 0 Å². The Bertz CT molecular complexity index is 949. The van der Waals surface area contributed by atoms with E-state index in [1.807, 2.05) is 11.8 Å². The lowest BCUT2D eigenvalue weighted by Crippen LogP contribution is -3.12. The second-order valence-corrected chi connectivity index (χ2v) is 14.1. The quantitative estimate of drug-likeness (QED) is 0.587. The fraction of sp³-hybridized carbons (Fsp3) is 0.815. The summed E-state index contributed by atoms with van der Waals surface area (Å²) in [4.78, 5) is 35.4. The molecule has 1 saturated carbocycles. The van der Waals surface area contributed by atoms with Crippen molar-refractivity contribution in [3.05, 3.63) is 10.6 Å². The first-order chi connectivity index (χ1) is 16.3. The number of anilines is 1. The fourth-order valence-electron chi connectivity index (χ4n) is 6.83. The van der Waals surface area contributed by atoms with E-state index in [1.54, 1.807) is 11.3 Å². The van der Waals surface area contributed by atoms with E-state index in [9.17, 15) is 14.7 Å². The van der Waals surface area contributed by atoms with Gasteiger partial charge in [0.1, 0.15) is 0 Å². The van der Waals surface area contributed by atoms with Gasteiger partial charge in [0.15, 0.2) is 5.13 Å². The van der Waals surface area contributed by atoms with Gasteiger partial charge in [-0.05, 0) is 41.9 Å². The van der Waals surface area contributed by atoms with Gasteiger partial charge in [0, 0.05) is 23.1 Å². The predicted octanol–water partition coefficient (Wildman–Crippen LogP) is 2.56. The standard InChI is InChI=1S/C27H44N4O3S/c1-16(24(34)31-12-10-30(7)11-13-31)18-8-9-27(6)14-19-22(17(2)21(27)23(18)33)29-25(35-19)28-20(32)15-26(3,4)5/h16-18,21,23,33H,8-15H2,1-7H3,(H,28,29,32)/p+1/t16-,17-,18-,21+,23-,27-/m0/s1. The molecular weight excluding hydrogens is 460 g/mol. The van der Waals surface area contributed by atoms with Crippen LogP contribution in [0.5, 0.6) is 0 Å². The molecule has 4 rings (SSSR count). The molecule has 35 heavy (non-hydrogen) atoms. The maximum absolute atomic E-state index is 13.3. The van der Waals surface area contributed by atoms with Crippen molar-refractivity contribution in [2.45, 2.75) is 79.2 Å². The number of piperazine rings is 1. The molecule has 1 saturated heterocycles. The molecule has 2 aliphatic carbocycles.